The number of carbonyl (C=O) groups excluding carboxylic acids is 2. The molecule has 0 saturated carbocycles. The molecule has 0 amide bonds. The third kappa shape index (κ3) is 6.37. The van der Waals surface area contributed by atoms with Crippen molar-refractivity contribution >= 4 is 11.9 Å². The quantitative estimate of drug-likeness (QED) is 0.162. The van der Waals surface area contributed by atoms with Gasteiger partial charge in [0.25, 0.3) is 0 Å². The predicted molar refractivity (Wildman–Crippen MR) is 168 cm³/mol. The van der Waals surface area contributed by atoms with Crippen LogP contribution in [0.1, 0.15) is 33.4 Å². The van der Waals surface area contributed by atoms with Gasteiger partial charge in [-0.15, -0.1) is 0 Å². The molecular weight excluding hydrogens is 608 g/mol. The van der Waals surface area contributed by atoms with Crippen LogP contribution in [0.15, 0.2) is 182 Å². The Bertz CT molecular complexity index is 1450. The molecule has 0 N–H and O–H groups in total. The number of carboxylic acid groups (broad SMARTS) is 2. The van der Waals surface area contributed by atoms with Crippen LogP contribution in [0.2, 0.25) is 0 Å². The molecular formula is C40H30CuO4. The normalized spacial score (nSPS) is 10.8. The molecule has 0 bridgehead atoms. The first-order valence-corrected chi connectivity index (χ1v) is 14.3. The van der Waals surface area contributed by atoms with E-state index in [-0.39, 0.29) is 17.1 Å². The van der Waals surface area contributed by atoms with E-state index < -0.39 is 22.8 Å². The van der Waals surface area contributed by atoms with E-state index in [0.717, 1.165) is 0 Å². The summed E-state index contributed by atoms with van der Waals surface area (Å²) in [6.07, 6.45) is 0. The molecule has 6 aromatic rings. The molecule has 5 heteroatoms. The van der Waals surface area contributed by atoms with Crippen LogP contribution in [0.5, 0.6) is 0 Å². The van der Waals surface area contributed by atoms with Crippen LogP contribution in [0.3, 0.4) is 0 Å². The van der Waals surface area contributed by atoms with E-state index in [2.05, 4.69) is 0 Å². The van der Waals surface area contributed by atoms with E-state index in [1.165, 1.54) is 0 Å². The third-order valence-corrected chi connectivity index (χ3v) is 7.85. The van der Waals surface area contributed by atoms with Crippen LogP contribution in [0.25, 0.3) is 0 Å². The standard InChI is InChI=1S/2C20H16O2.Cu/c2*21-19(22)20(16-10-4-1-5-11-16,17-12-6-2-7-13-17)18-14-8-3-9-15-18;/h2*1-15H,(H,21,22);/q;;+2/p-2. The molecule has 225 valence electrons. The summed E-state index contributed by atoms with van der Waals surface area (Å²) in [7, 11) is 0. The van der Waals surface area contributed by atoms with Gasteiger partial charge in [-0.3, -0.25) is 0 Å². The Morgan fingerprint density at radius 3 is 0.556 bits per heavy atom. The van der Waals surface area contributed by atoms with Crippen molar-refractivity contribution in [3.63, 3.8) is 0 Å². The molecule has 0 fully saturated rings. The fourth-order valence-corrected chi connectivity index (χ4v) is 5.84. The molecule has 0 spiro atoms. The summed E-state index contributed by atoms with van der Waals surface area (Å²) in [6, 6.07) is 55.4. The zero-order valence-electron chi connectivity index (χ0n) is 24.3. The molecule has 6 rings (SSSR count). The van der Waals surface area contributed by atoms with Gasteiger partial charge in [-0.2, -0.15) is 0 Å². The molecule has 0 aliphatic carbocycles. The van der Waals surface area contributed by atoms with Crippen molar-refractivity contribution in [3.05, 3.63) is 215 Å². The van der Waals surface area contributed by atoms with E-state index in [9.17, 15) is 19.8 Å². The first-order valence-electron chi connectivity index (χ1n) is 14.3. The van der Waals surface area contributed by atoms with Crippen molar-refractivity contribution in [2.24, 2.45) is 0 Å². The Kier molecular flexibility index (Phi) is 10.9. The summed E-state index contributed by atoms with van der Waals surface area (Å²) < 4.78 is 0. The molecule has 4 nitrogen and oxygen atoms in total. The van der Waals surface area contributed by atoms with Crippen molar-refractivity contribution in [1.29, 1.82) is 0 Å². The summed E-state index contributed by atoms with van der Waals surface area (Å²) in [5, 5.41) is 24.6. The molecule has 0 aliphatic heterocycles. The first kappa shape index (κ1) is 32.7. The van der Waals surface area contributed by atoms with E-state index in [1.54, 1.807) is 0 Å². The fraction of sp³-hybridized carbons (Fsp3) is 0.0500. The Hall–Kier alpha value is -5.22. The van der Waals surface area contributed by atoms with E-state index in [1.807, 2.05) is 182 Å². The zero-order valence-corrected chi connectivity index (χ0v) is 25.2. The Morgan fingerprint density at radius 1 is 0.311 bits per heavy atom. The molecule has 0 heterocycles. The molecule has 0 unspecified atom stereocenters. The smallest absolute Gasteiger partial charge is 0.548 e. The van der Waals surface area contributed by atoms with Gasteiger partial charge in [-0.1, -0.05) is 182 Å². The molecule has 0 aliphatic rings. The fourth-order valence-electron chi connectivity index (χ4n) is 5.84. The molecule has 0 atom stereocenters. The Morgan fingerprint density at radius 2 is 0.444 bits per heavy atom. The second kappa shape index (κ2) is 15.0. The van der Waals surface area contributed by atoms with Gasteiger partial charge >= 0.3 is 17.1 Å². The summed E-state index contributed by atoms with van der Waals surface area (Å²) in [5.41, 5.74) is 1.49. The third-order valence-electron chi connectivity index (χ3n) is 7.85. The Labute approximate surface area is 274 Å². The second-order valence-electron chi connectivity index (χ2n) is 10.3. The topological polar surface area (TPSA) is 80.3 Å². The SMILES string of the molecule is O=C([O-])C(c1ccccc1)(c1ccccc1)c1ccccc1.O=C([O-])C(c1ccccc1)(c1ccccc1)c1ccccc1.[Cu+2]. The molecule has 0 saturated heterocycles. The minimum Gasteiger partial charge on any atom is -0.548 e. The number of carbonyl (C=O) groups is 2. The maximum Gasteiger partial charge on any atom is 2.00 e. The van der Waals surface area contributed by atoms with Crippen molar-refractivity contribution in [3.8, 4) is 0 Å². The van der Waals surface area contributed by atoms with Gasteiger partial charge in [-0.05, 0) is 33.4 Å². The minimum absolute atomic E-state index is 0. The molecule has 6 aromatic carbocycles. The summed E-state index contributed by atoms with van der Waals surface area (Å²) in [6.45, 7) is 0. The van der Waals surface area contributed by atoms with Gasteiger partial charge in [0.1, 0.15) is 0 Å². The van der Waals surface area contributed by atoms with E-state index in [4.69, 9.17) is 0 Å². The maximum absolute atomic E-state index is 12.3. The van der Waals surface area contributed by atoms with Crippen LogP contribution < -0.4 is 10.2 Å². The van der Waals surface area contributed by atoms with Gasteiger partial charge in [-0.25, -0.2) is 0 Å². The van der Waals surface area contributed by atoms with Crippen molar-refractivity contribution < 1.29 is 36.9 Å². The molecule has 45 heavy (non-hydrogen) atoms. The molecule has 0 aromatic heterocycles. The van der Waals surface area contributed by atoms with Crippen LogP contribution >= 0.6 is 0 Å². The molecule has 1 radical (unpaired) electrons. The number of hydrogen-bond donors (Lipinski definition) is 0. The van der Waals surface area contributed by atoms with Gasteiger partial charge < -0.3 is 19.8 Å². The van der Waals surface area contributed by atoms with Crippen LogP contribution in [-0.2, 0) is 37.5 Å². The average Bonchev–Trinajstić information content (AvgIpc) is 3.08. The predicted octanol–water partition coefficient (Wildman–Crippen LogP) is 5.54. The average molecular weight is 638 g/mol. The summed E-state index contributed by atoms with van der Waals surface area (Å²) in [5.74, 6) is -2.26. The van der Waals surface area contributed by atoms with Crippen molar-refractivity contribution in [1.82, 2.24) is 0 Å². The largest absolute Gasteiger partial charge is 2.00 e. The Balaban J connectivity index is 0.000000200. The van der Waals surface area contributed by atoms with Crippen LogP contribution in [-0.4, -0.2) is 11.9 Å². The van der Waals surface area contributed by atoms with Gasteiger partial charge in [0.15, 0.2) is 0 Å². The van der Waals surface area contributed by atoms with Gasteiger partial charge in [0, 0.05) is 0 Å². The number of benzene rings is 6. The van der Waals surface area contributed by atoms with Crippen LogP contribution in [0.4, 0.5) is 0 Å². The number of aliphatic carboxylic acids is 2. The number of hydrogen-bond acceptors (Lipinski definition) is 4. The van der Waals surface area contributed by atoms with Crippen LogP contribution in [0, 0.1) is 0 Å². The van der Waals surface area contributed by atoms with E-state index in [0.29, 0.717) is 33.4 Å². The van der Waals surface area contributed by atoms with Crippen molar-refractivity contribution in [2.45, 2.75) is 10.8 Å². The zero-order chi connectivity index (χ0) is 30.8. The maximum atomic E-state index is 12.3. The monoisotopic (exact) mass is 637 g/mol. The van der Waals surface area contributed by atoms with E-state index >= 15 is 0 Å². The van der Waals surface area contributed by atoms with Crippen molar-refractivity contribution in [2.75, 3.05) is 0 Å². The minimum atomic E-state index is -1.32. The summed E-state index contributed by atoms with van der Waals surface area (Å²) >= 11 is 0. The van der Waals surface area contributed by atoms with Gasteiger partial charge in [0.05, 0.1) is 22.8 Å². The second-order valence-corrected chi connectivity index (χ2v) is 10.3. The number of rotatable bonds is 8. The first-order chi connectivity index (χ1) is 21.5. The number of carboxylic acids is 2. The van der Waals surface area contributed by atoms with Gasteiger partial charge in [0.2, 0.25) is 0 Å². The summed E-state index contributed by atoms with van der Waals surface area (Å²) in [4.78, 5) is 24.6.